The Bertz CT molecular complexity index is 565. The maximum atomic E-state index is 13.3. The summed E-state index contributed by atoms with van der Waals surface area (Å²) in [7, 11) is 0. The van der Waals surface area contributed by atoms with E-state index in [1.54, 1.807) is 19.1 Å². The summed E-state index contributed by atoms with van der Waals surface area (Å²) in [6.07, 6.45) is 1.31. The molecular weight excluding hydrogens is 245 g/mol. The summed E-state index contributed by atoms with van der Waals surface area (Å²) in [5.41, 5.74) is 1.10. The van der Waals surface area contributed by atoms with E-state index in [2.05, 4.69) is 5.32 Å². The summed E-state index contributed by atoms with van der Waals surface area (Å²) in [4.78, 5) is 11.7. The minimum Gasteiger partial charge on any atom is -0.452 e. The van der Waals surface area contributed by atoms with E-state index in [0.717, 1.165) is 0 Å². The molecular formula is C12H9ClFNO2. The van der Waals surface area contributed by atoms with Crippen molar-refractivity contribution < 1.29 is 13.6 Å². The number of anilines is 1. The van der Waals surface area contributed by atoms with Crippen LogP contribution in [0.25, 0.3) is 0 Å². The Morgan fingerprint density at radius 3 is 2.76 bits per heavy atom. The Hall–Kier alpha value is -1.81. The molecule has 1 heterocycles. The highest BCUT2D eigenvalue weighted by Crippen LogP contribution is 2.19. The molecule has 0 fully saturated rings. The lowest BCUT2D eigenvalue weighted by atomic mass is 10.2. The number of hydrogen-bond acceptors (Lipinski definition) is 2. The van der Waals surface area contributed by atoms with Gasteiger partial charge >= 0.3 is 0 Å². The van der Waals surface area contributed by atoms with Gasteiger partial charge in [0, 0.05) is 5.69 Å². The molecule has 1 N–H and O–H groups in total. The van der Waals surface area contributed by atoms with Gasteiger partial charge in [-0.15, -0.1) is 0 Å². The van der Waals surface area contributed by atoms with Crippen molar-refractivity contribution in [3.8, 4) is 0 Å². The Kier molecular flexibility index (Phi) is 3.15. The van der Waals surface area contributed by atoms with Crippen LogP contribution in [-0.2, 0) is 0 Å². The molecule has 2 rings (SSSR count). The fraction of sp³-hybridized carbons (Fsp3) is 0.0833. The molecule has 1 aromatic carbocycles. The first kappa shape index (κ1) is 11.7. The molecule has 5 heteroatoms. The van der Waals surface area contributed by atoms with E-state index in [4.69, 9.17) is 16.0 Å². The second-order valence-electron chi connectivity index (χ2n) is 3.53. The van der Waals surface area contributed by atoms with Gasteiger partial charge in [0.2, 0.25) is 5.22 Å². The van der Waals surface area contributed by atoms with Crippen molar-refractivity contribution in [2.45, 2.75) is 6.92 Å². The Morgan fingerprint density at radius 1 is 1.41 bits per heavy atom. The third-order valence-electron chi connectivity index (χ3n) is 2.29. The lowest BCUT2D eigenvalue weighted by molar-refractivity contribution is 0.102. The molecule has 0 atom stereocenters. The van der Waals surface area contributed by atoms with Crippen LogP contribution in [0, 0.1) is 12.7 Å². The molecule has 0 saturated carbocycles. The van der Waals surface area contributed by atoms with Crippen LogP contribution in [0.15, 0.2) is 34.9 Å². The van der Waals surface area contributed by atoms with Crippen LogP contribution in [0.3, 0.4) is 0 Å². The van der Waals surface area contributed by atoms with E-state index >= 15 is 0 Å². The third-order valence-corrected chi connectivity index (χ3v) is 2.58. The molecule has 88 valence electrons. The van der Waals surface area contributed by atoms with E-state index < -0.39 is 5.91 Å². The van der Waals surface area contributed by atoms with Gasteiger partial charge in [-0.3, -0.25) is 4.79 Å². The van der Waals surface area contributed by atoms with Gasteiger partial charge in [-0.2, -0.15) is 0 Å². The van der Waals surface area contributed by atoms with Crippen LogP contribution in [0.2, 0.25) is 5.22 Å². The molecule has 2 aromatic rings. The van der Waals surface area contributed by atoms with E-state index in [0.29, 0.717) is 11.3 Å². The maximum absolute atomic E-state index is 13.3. The zero-order valence-corrected chi connectivity index (χ0v) is 9.72. The van der Waals surface area contributed by atoms with Crippen molar-refractivity contribution in [2.24, 2.45) is 0 Å². The van der Waals surface area contributed by atoms with Crippen molar-refractivity contribution in [1.29, 1.82) is 0 Å². The lowest BCUT2D eigenvalue weighted by Gasteiger charge is -2.05. The first-order valence-corrected chi connectivity index (χ1v) is 5.26. The lowest BCUT2D eigenvalue weighted by Crippen LogP contribution is -2.11. The molecule has 17 heavy (non-hydrogen) atoms. The summed E-state index contributed by atoms with van der Waals surface area (Å²) < 4.78 is 18.1. The van der Waals surface area contributed by atoms with E-state index in [1.165, 1.54) is 18.4 Å². The topological polar surface area (TPSA) is 42.2 Å². The highest BCUT2D eigenvalue weighted by atomic mass is 35.5. The monoisotopic (exact) mass is 253 g/mol. The predicted molar refractivity (Wildman–Crippen MR) is 62.8 cm³/mol. The zero-order chi connectivity index (χ0) is 12.4. The summed E-state index contributed by atoms with van der Waals surface area (Å²) in [6.45, 7) is 1.65. The SMILES string of the molecule is Cc1ccc(NC(=O)c2ccoc2Cl)cc1F. The van der Waals surface area contributed by atoms with Gasteiger partial charge in [-0.1, -0.05) is 6.07 Å². The molecule has 0 unspecified atom stereocenters. The first-order valence-electron chi connectivity index (χ1n) is 4.88. The van der Waals surface area contributed by atoms with Crippen LogP contribution in [0.1, 0.15) is 15.9 Å². The normalized spacial score (nSPS) is 10.3. The van der Waals surface area contributed by atoms with Crippen molar-refractivity contribution in [2.75, 3.05) is 5.32 Å². The number of rotatable bonds is 2. The number of hydrogen-bond donors (Lipinski definition) is 1. The fourth-order valence-electron chi connectivity index (χ4n) is 1.32. The molecule has 0 aliphatic carbocycles. The van der Waals surface area contributed by atoms with Gasteiger partial charge in [0.25, 0.3) is 5.91 Å². The van der Waals surface area contributed by atoms with Gasteiger partial charge in [-0.25, -0.2) is 4.39 Å². The average molecular weight is 254 g/mol. The van der Waals surface area contributed by atoms with Gasteiger partial charge in [-0.05, 0) is 42.3 Å². The number of furan rings is 1. The van der Waals surface area contributed by atoms with Crippen LogP contribution in [-0.4, -0.2) is 5.91 Å². The van der Waals surface area contributed by atoms with Gasteiger partial charge in [0.15, 0.2) is 0 Å². The van der Waals surface area contributed by atoms with E-state index in [-0.39, 0.29) is 16.6 Å². The fourth-order valence-corrected chi connectivity index (χ4v) is 1.53. The van der Waals surface area contributed by atoms with E-state index in [1.807, 2.05) is 0 Å². The molecule has 0 saturated heterocycles. The van der Waals surface area contributed by atoms with Crippen LogP contribution >= 0.6 is 11.6 Å². The number of aryl methyl sites for hydroxylation is 1. The minimum atomic E-state index is -0.438. The summed E-state index contributed by atoms with van der Waals surface area (Å²) in [5.74, 6) is -0.812. The number of carbonyl (C=O) groups is 1. The predicted octanol–water partition coefficient (Wildman–Crippen LogP) is 3.63. The Balaban J connectivity index is 2.19. The van der Waals surface area contributed by atoms with Crippen molar-refractivity contribution in [3.05, 3.63) is 52.7 Å². The number of nitrogens with one attached hydrogen (secondary N) is 1. The molecule has 0 radical (unpaired) electrons. The van der Waals surface area contributed by atoms with Crippen molar-refractivity contribution in [3.63, 3.8) is 0 Å². The van der Waals surface area contributed by atoms with Crippen LogP contribution < -0.4 is 5.32 Å². The molecule has 1 amide bonds. The number of benzene rings is 1. The van der Waals surface area contributed by atoms with Gasteiger partial charge < -0.3 is 9.73 Å². The summed E-state index contributed by atoms with van der Waals surface area (Å²) >= 11 is 5.66. The highest BCUT2D eigenvalue weighted by Gasteiger charge is 2.13. The zero-order valence-electron chi connectivity index (χ0n) is 8.96. The van der Waals surface area contributed by atoms with Crippen LogP contribution in [0.5, 0.6) is 0 Å². The maximum Gasteiger partial charge on any atom is 0.260 e. The van der Waals surface area contributed by atoms with E-state index in [9.17, 15) is 9.18 Å². The molecule has 1 aromatic heterocycles. The molecule has 3 nitrogen and oxygen atoms in total. The van der Waals surface area contributed by atoms with Crippen LogP contribution in [0.4, 0.5) is 10.1 Å². The quantitative estimate of drug-likeness (QED) is 0.888. The largest absolute Gasteiger partial charge is 0.452 e. The second kappa shape index (κ2) is 4.59. The number of halogens is 2. The third kappa shape index (κ3) is 2.47. The summed E-state index contributed by atoms with van der Waals surface area (Å²) in [6, 6.07) is 5.90. The summed E-state index contributed by atoms with van der Waals surface area (Å²) in [5, 5.41) is 2.54. The molecule has 0 aliphatic heterocycles. The highest BCUT2D eigenvalue weighted by molar-refractivity contribution is 6.32. The standard InChI is InChI=1S/C12H9ClFNO2/c1-7-2-3-8(6-10(7)14)15-12(16)9-4-5-17-11(9)13/h2-6H,1H3,(H,15,16). The first-order chi connectivity index (χ1) is 8.08. The second-order valence-corrected chi connectivity index (χ2v) is 3.87. The molecule has 0 bridgehead atoms. The smallest absolute Gasteiger partial charge is 0.260 e. The average Bonchev–Trinajstić information content (AvgIpc) is 2.70. The Morgan fingerprint density at radius 2 is 2.18 bits per heavy atom. The molecule has 0 spiro atoms. The minimum absolute atomic E-state index is 0.00934. The molecule has 0 aliphatic rings. The van der Waals surface area contributed by atoms with Gasteiger partial charge in [0.1, 0.15) is 5.82 Å². The van der Waals surface area contributed by atoms with Crippen molar-refractivity contribution in [1.82, 2.24) is 0 Å². The van der Waals surface area contributed by atoms with Crippen molar-refractivity contribution >= 4 is 23.2 Å². The number of carbonyl (C=O) groups excluding carboxylic acids is 1. The number of amides is 1. The Labute approximate surface area is 102 Å². The van der Waals surface area contributed by atoms with Gasteiger partial charge in [0.05, 0.1) is 11.8 Å².